The number of likely N-dealkylation sites (N-methyl/N-ethyl adjacent to an activating group) is 1. The van der Waals surface area contributed by atoms with Gasteiger partial charge in [-0.15, -0.1) is 0 Å². The van der Waals surface area contributed by atoms with Crippen molar-refractivity contribution in [3.05, 3.63) is 23.8 Å². The summed E-state index contributed by atoms with van der Waals surface area (Å²) in [6, 6.07) is 5.06. The Balaban J connectivity index is 2.27. The van der Waals surface area contributed by atoms with Gasteiger partial charge in [0.1, 0.15) is 5.75 Å². The van der Waals surface area contributed by atoms with Crippen LogP contribution in [0.15, 0.2) is 18.2 Å². The molecule has 18 heavy (non-hydrogen) atoms. The highest BCUT2D eigenvalue weighted by Crippen LogP contribution is 2.32. The number of ether oxygens (including phenoxy) is 1. The first-order valence-corrected chi connectivity index (χ1v) is 5.94. The molecule has 5 heteroatoms. The highest BCUT2D eigenvalue weighted by atomic mass is 16.5. The Bertz CT molecular complexity index is 485. The third-order valence-electron chi connectivity index (χ3n) is 2.94. The van der Waals surface area contributed by atoms with Crippen molar-refractivity contribution >= 4 is 17.4 Å². The maximum Gasteiger partial charge on any atom is 0.299 e. The highest BCUT2D eigenvalue weighted by molar-refractivity contribution is 6.52. The molecular formula is C13H16N2O3. The average molecular weight is 248 g/mol. The average Bonchev–Trinajstić information content (AvgIpc) is 2.63. The van der Waals surface area contributed by atoms with E-state index in [9.17, 15) is 9.59 Å². The first-order chi connectivity index (χ1) is 8.69. The number of carbonyl (C=O) groups excluding carboxylic acids is 2. The van der Waals surface area contributed by atoms with Crippen LogP contribution in [0.5, 0.6) is 5.75 Å². The van der Waals surface area contributed by atoms with E-state index in [1.165, 1.54) is 4.90 Å². The lowest BCUT2D eigenvalue weighted by molar-refractivity contribution is -0.114. The molecule has 1 amide bonds. The predicted molar refractivity (Wildman–Crippen MR) is 68.2 cm³/mol. The Hall–Kier alpha value is -1.88. The molecule has 0 atom stereocenters. The number of fused-ring (bicyclic) bond motifs is 1. The quantitative estimate of drug-likeness (QED) is 0.619. The summed E-state index contributed by atoms with van der Waals surface area (Å²) < 4.78 is 5.12. The summed E-state index contributed by atoms with van der Waals surface area (Å²) in [5.41, 5.74) is 1.10. The van der Waals surface area contributed by atoms with E-state index < -0.39 is 11.7 Å². The van der Waals surface area contributed by atoms with E-state index in [2.05, 4.69) is 5.32 Å². The number of ketones is 1. The second-order valence-electron chi connectivity index (χ2n) is 4.02. The van der Waals surface area contributed by atoms with Crippen LogP contribution in [0.2, 0.25) is 0 Å². The number of Topliss-reactive ketones (excluding diaryl/α,β-unsaturated/α-hetero) is 1. The standard InChI is InChI=1S/C13H16N2O3/c1-3-14-6-7-15-11-8-9(18-2)4-5-10(11)12(16)13(15)17/h4-5,8,14H,3,6-7H2,1-2H3. The van der Waals surface area contributed by atoms with E-state index in [-0.39, 0.29) is 0 Å². The van der Waals surface area contributed by atoms with Crippen LogP contribution in [0.4, 0.5) is 5.69 Å². The summed E-state index contributed by atoms with van der Waals surface area (Å²) in [6.45, 7) is 3.97. The van der Waals surface area contributed by atoms with Gasteiger partial charge in [-0.3, -0.25) is 9.59 Å². The minimum absolute atomic E-state index is 0.441. The minimum Gasteiger partial charge on any atom is -0.497 e. The van der Waals surface area contributed by atoms with E-state index in [1.54, 1.807) is 25.3 Å². The van der Waals surface area contributed by atoms with Gasteiger partial charge in [-0.25, -0.2) is 0 Å². The van der Waals surface area contributed by atoms with Crippen molar-refractivity contribution in [2.75, 3.05) is 31.6 Å². The molecule has 1 aromatic carbocycles. The summed E-state index contributed by atoms with van der Waals surface area (Å²) in [7, 11) is 1.56. The number of benzene rings is 1. The lowest BCUT2D eigenvalue weighted by Gasteiger charge is -2.16. The van der Waals surface area contributed by atoms with Crippen LogP contribution < -0.4 is 15.0 Å². The van der Waals surface area contributed by atoms with E-state index in [0.29, 0.717) is 30.1 Å². The van der Waals surface area contributed by atoms with Crippen LogP contribution in [-0.2, 0) is 4.79 Å². The highest BCUT2D eigenvalue weighted by Gasteiger charge is 2.35. The lowest BCUT2D eigenvalue weighted by Crippen LogP contribution is -2.36. The van der Waals surface area contributed by atoms with Gasteiger partial charge < -0.3 is 15.0 Å². The number of nitrogens with one attached hydrogen (secondary N) is 1. The fourth-order valence-electron chi connectivity index (χ4n) is 1.99. The van der Waals surface area contributed by atoms with Gasteiger partial charge in [-0.05, 0) is 18.7 Å². The third-order valence-corrected chi connectivity index (χ3v) is 2.94. The largest absolute Gasteiger partial charge is 0.497 e. The van der Waals surface area contributed by atoms with Gasteiger partial charge in [0.05, 0.1) is 18.4 Å². The van der Waals surface area contributed by atoms with Crippen LogP contribution in [-0.4, -0.2) is 38.4 Å². The number of hydrogen-bond acceptors (Lipinski definition) is 4. The molecule has 0 saturated heterocycles. The molecule has 1 aromatic rings. The summed E-state index contributed by atoms with van der Waals surface area (Å²) in [6.07, 6.45) is 0. The summed E-state index contributed by atoms with van der Waals surface area (Å²) >= 11 is 0. The monoisotopic (exact) mass is 248 g/mol. The van der Waals surface area contributed by atoms with Gasteiger partial charge in [0.25, 0.3) is 11.7 Å². The number of nitrogens with zero attached hydrogens (tertiary/aromatic N) is 1. The molecule has 5 nitrogen and oxygen atoms in total. The lowest BCUT2D eigenvalue weighted by atomic mass is 10.1. The Morgan fingerprint density at radius 1 is 1.33 bits per heavy atom. The van der Waals surface area contributed by atoms with Crippen molar-refractivity contribution in [1.82, 2.24) is 5.32 Å². The molecule has 96 valence electrons. The second kappa shape index (κ2) is 5.18. The first kappa shape index (κ1) is 12.6. The molecule has 0 aromatic heterocycles. The smallest absolute Gasteiger partial charge is 0.299 e. The van der Waals surface area contributed by atoms with Crippen molar-refractivity contribution < 1.29 is 14.3 Å². The van der Waals surface area contributed by atoms with E-state index in [4.69, 9.17) is 4.74 Å². The summed E-state index contributed by atoms with van der Waals surface area (Å²) in [5, 5.41) is 3.13. The van der Waals surface area contributed by atoms with Crippen LogP contribution in [0, 0.1) is 0 Å². The summed E-state index contributed by atoms with van der Waals surface area (Å²) in [4.78, 5) is 25.2. The number of anilines is 1. The molecule has 1 aliphatic heterocycles. The zero-order valence-electron chi connectivity index (χ0n) is 10.5. The molecule has 1 N–H and O–H groups in total. The van der Waals surface area contributed by atoms with Crippen molar-refractivity contribution in [2.45, 2.75) is 6.92 Å². The van der Waals surface area contributed by atoms with Crippen molar-refractivity contribution in [1.29, 1.82) is 0 Å². The SMILES string of the molecule is CCNCCN1C(=O)C(=O)c2ccc(OC)cc21. The molecule has 1 heterocycles. The zero-order chi connectivity index (χ0) is 13.1. The number of hydrogen-bond donors (Lipinski definition) is 1. The van der Waals surface area contributed by atoms with Crippen LogP contribution in [0.25, 0.3) is 0 Å². The van der Waals surface area contributed by atoms with Crippen molar-refractivity contribution in [3.8, 4) is 5.75 Å². The zero-order valence-corrected chi connectivity index (χ0v) is 10.5. The van der Waals surface area contributed by atoms with Crippen molar-refractivity contribution in [3.63, 3.8) is 0 Å². The molecule has 0 spiro atoms. The molecule has 0 radical (unpaired) electrons. The molecule has 0 fully saturated rings. The Labute approximate surface area is 106 Å². The number of methoxy groups -OCH3 is 1. The van der Waals surface area contributed by atoms with E-state index in [1.807, 2.05) is 6.92 Å². The van der Waals surface area contributed by atoms with Gasteiger partial charge in [0, 0.05) is 19.2 Å². The molecule has 0 aliphatic carbocycles. The maximum atomic E-state index is 11.9. The first-order valence-electron chi connectivity index (χ1n) is 5.94. The topological polar surface area (TPSA) is 58.6 Å². The molecule has 0 unspecified atom stereocenters. The maximum absolute atomic E-state index is 11.9. The van der Waals surface area contributed by atoms with Crippen LogP contribution >= 0.6 is 0 Å². The van der Waals surface area contributed by atoms with Gasteiger partial charge in [0.2, 0.25) is 0 Å². The van der Waals surface area contributed by atoms with Gasteiger partial charge in [-0.2, -0.15) is 0 Å². The van der Waals surface area contributed by atoms with Gasteiger partial charge >= 0.3 is 0 Å². The Morgan fingerprint density at radius 3 is 2.78 bits per heavy atom. The number of carbonyl (C=O) groups is 2. The Kier molecular flexibility index (Phi) is 3.62. The van der Waals surface area contributed by atoms with Gasteiger partial charge in [0.15, 0.2) is 0 Å². The number of amides is 1. The summed E-state index contributed by atoms with van der Waals surface area (Å²) in [5.74, 6) is -0.259. The molecule has 0 saturated carbocycles. The van der Waals surface area contributed by atoms with E-state index in [0.717, 1.165) is 6.54 Å². The Morgan fingerprint density at radius 2 is 2.11 bits per heavy atom. The van der Waals surface area contributed by atoms with Crippen LogP contribution in [0.3, 0.4) is 0 Å². The molecular weight excluding hydrogens is 232 g/mol. The molecule has 1 aliphatic rings. The van der Waals surface area contributed by atoms with Crippen molar-refractivity contribution in [2.24, 2.45) is 0 Å². The predicted octanol–water partition coefficient (Wildman–Crippen LogP) is 0.834. The van der Waals surface area contributed by atoms with Gasteiger partial charge in [-0.1, -0.05) is 6.92 Å². The fraction of sp³-hybridized carbons (Fsp3) is 0.385. The van der Waals surface area contributed by atoms with E-state index >= 15 is 0 Å². The fourth-order valence-corrected chi connectivity index (χ4v) is 1.99. The third kappa shape index (κ3) is 2.09. The number of rotatable bonds is 5. The molecule has 0 bridgehead atoms. The second-order valence-corrected chi connectivity index (χ2v) is 4.02. The minimum atomic E-state index is -0.462. The normalized spacial score (nSPS) is 14.0. The molecule has 2 rings (SSSR count). The van der Waals surface area contributed by atoms with Crippen LogP contribution in [0.1, 0.15) is 17.3 Å².